The number of likely N-dealkylation sites (N-methyl/N-ethyl adjacent to an activating group) is 1. The van der Waals surface area contributed by atoms with Crippen LogP contribution in [0.5, 0.6) is 5.75 Å². The fourth-order valence-corrected chi connectivity index (χ4v) is 3.76. The van der Waals surface area contributed by atoms with E-state index in [9.17, 15) is 4.79 Å². The number of amides is 1. The molecule has 0 radical (unpaired) electrons. The molecule has 2 aromatic carbocycles. The highest BCUT2D eigenvalue weighted by Gasteiger charge is 2.42. The molecule has 138 valence electrons. The molecule has 2 atom stereocenters. The molecule has 1 fully saturated rings. The lowest BCUT2D eigenvalue weighted by molar-refractivity contribution is -0.127. The van der Waals surface area contributed by atoms with Crippen LogP contribution in [0.1, 0.15) is 29.8 Å². The lowest BCUT2D eigenvalue weighted by Gasteiger charge is -2.23. The topological polar surface area (TPSA) is 68.5 Å². The van der Waals surface area contributed by atoms with Crippen molar-refractivity contribution in [3.63, 3.8) is 0 Å². The number of hydrogen-bond acceptors (Lipinski definition) is 5. The number of benzene rings is 2. The average molecular weight is 384 g/mol. The van der Waals surface area contributed by atoms with E-state index in [2.05, 4.69) is 10.1 Å². The van der Waals surface area contributed by atoms with E-state index in [1.807, 2.05) is 48.5 Å². The molecule has 3 aromatic rings. The van der Waals surface area contributed by atoms with Gasteiger partial charge >= 0.3 is 0 Å². The molecule has 7 heteroatoms. The number of halogens is 1. The Morgan fingerprint density at radius 3 is 2.81 bits per heavy atom. The van der Waals surface area contributed by atoms with E-state index in [0.29, 0.717) is 28.9 Å². The molecule has 1 saturated heterocycles. The van der Waals surface area contributed by atoms with E-state index in [4.69, 9.17) is 20.9 Å². The minimum absolute atomic E-state index is 0.0296. The van der Waals surface area contributed by atoms with Gasteiger partial charge in [0.25, 0.3) is 0 Å². The zero-order chi connectivity index (χ0) is 19.0. The van der Waals surface area contributed by atoms with E-state index >= 15 is 0 Å². The summed E-state index contributed by atoms with van der Waals surface area (Å²) in [7, 11) is 3.38. The number of likely N-dealkylation sites (tertiary alicyclic amines) is 1. The number of carbonyl (C=O) groups excluding carboxylic acids is 1. The standard InChI is InChI=1S/C20H18ClN3O3/c1-24-17(25)11-15(18(24)12-6-5-7-13(21)10-12)20-22-19(23-27-20)14-8-3-4-9-16(14)26-2/h3-10,15,18H,11H2,1-2H3/t15-,18-/m1/s1. The molecule has 0 bridgehead atoms. The molecule has 27 heavy (non-hydrogen) atoms. The van der Waals surface area contributed by atoms with Gasteiger partial charge in [0.05, 0.1) is 24.6 Å². The number of para-hydroxylation sites is 1. The molecule has 0 aliphatic carbocycles. The lowest BCUT2D eigenvalue weighted by atomic mass is 9.93. The Balaban J connectivity index is 1.72. The second-order valence-electron chi connectivity index (χ2n) is 6.47. The third kappa shape index (κ3) is 3.17. The maximum Gasteiger partial charge on any atom is 0.233 e. The second kappa shape index (κ2) is 7.04. The summed E-state index contributed by atoms with van der Waals surface area (Å²) in [6.45, 7) is 0. The van der Waals surface area contributed by atoms with E-state index in [1.165, 1.54) is 0 Å². The minimum Gasteiger partial charge on any atom is -0.496 e. The molecule has 2 heterocycles. The summed E-state index contributed by atoms with van der Waals surface area (Å²) in [6.07, 6.45) is 0.307. The Bertz CT molecular complexity index is 988. The number of aromatic nitrogens is 2. The Hall–Kier alpha value is -2.86. The van der Waals surface area contributed by atoms with E-state index in [1.54, 1.807) is 19.1 Å². The fraction of sp³-hybridized carbons (Fsp3) is 0.250. The van der Waals surface area contributed by atoms with Gasteiger partial charge in [0.15, 0.2) is 0 Å². The molecule has 0 spiro atoms. The van der Waals surface area contributed by atoms with Crippen LogP contribution >= 0.6 is 11.6 Å². The Morgan fingerprint density at radius 2 is 2.04 bits per heavy atom. The molecule has 4 rings (SSSR count). The first kappa shape index (κ1) is 17.5. The summed E-state index contributed by atoms with van der Waals surface area (Å²) < 4.78 is 10.9. The summed E-state index contributed by atoms with van der Waals surface area (Å²) in [5.74, 6) is 1.32. The van der Waals surface area contributed by atoms with Gasteiger partial charge in [-0.2, -0.15) is 4.98 Å². The number of rotatable bonds is 4. The zero-order valence-corrected chi connectivity index (χ0v) is 15.7. The molecule has 0 saturated carbocycles. The predicted octanol–water partition coefficient (Wildman–Crippen LogP) is 4.09. The van der Waals surface area contributed by atoms with Crippen molar-refractivity contribution < 1.29 is 14.1 Å². The molecule has 0 N–H and O–H groups in total. The molecule has 0 unspecified atom stereocenters. The van der Waals surface area contributed by atoms with Crippen LogP contribution in [-0.2, 0) is 4.79 Å². The Kier molecular flexibility index (Phi) is 4.58. The lowest BCUT2D eigenvalue weighted by Crippen LogP contribution is -2.24. The Labute approximate surface area is 161 Å². The van der Waals surface area contributed by atoms with Crippen LogP contribution in [0.25, 0.3) is 11.4 Å². The van der Waals surface area contributed by atoms with Gasteiger partial charge in [-0.05, 0) is 29.8 Å². The van der Waals surface area contributed by atoms with Gasteiger partial charge in [-0.3, -0.25) is 4.79 Å². The van der Waals surface area contributed by atoms with Crippen LogP contribution in [0, 0.1) is 0 Å². The number of nitrogens with zero attached hydrogens (tertiary/aromatic N) is 3. The van der Waals surface area contributed by atoms with Gasteiger partial charge in [-0.15, -0.1) is 0 Å². The molecule has 1 amide bonds. The van der Waals surface area contributed by atoms with Crippen LogP contribution in [0.3, 0.4) is 0 Å². The van der Waals surface area contributed by atoms with Gasteiger partial charge in [-0.1, -0.05) is 41.0 Å². The molecular weight excluding hydrogens is 366 g/mol. The van der Waals surface area contributed by atoms with Crippen LogP contribution < -0.4 is 4.74 Å². The highest BCUT2D eigenvalue weighted by Crippen LogP contribution is 2.44. The van der Waals surface area contributed by atoms with Gasteiger partial charge in [-0.25, -0.2) is 0 Å². The monoisotopic (exact) mass is 383 g/mol. The van der Waals surface area contributed by atoms with E-state index < -0.39 is 0 Å². The molecular formula is C20H18ClN3O3. The molecule has 6 nitrogen and oxygen atoms in total. The SMILES string of the molecule is COc1ccccc1-c1noc([C@@H]2CC(=O)N(C)[C@@H]2c2cccc(Cl)c2)n1. The first-order valence-corrected chi connectivity index (χ1v) is 8.94. The largest absolute Gasteiger partial charge is 0.496 e. The van der Waals surface area contributed by atoms with Crippen molar-refractivity contribution in [1.29, 1.82) is 0 Å². The van der Waals surface area contributed by atoms with E-state index in [-0.39, 0.29) is 17.9 Å². The third-order valence-electron chi connectivity index (χ3n) is 4.88. The zero-order valence-electron chi connectivity index (χ0n) is 14.9. The van der Waals surface area contributed by atoms with Gasteiger partial charge in [0.1, 0.15) is 5.75 Å². The van der Waals surface area contributed by atoms with Gasteiger partial charge in [0.2, 0.25) is 17.6 Å². The maximum absolute atomic E-state index is 12.4. The number of ether oxygens (including phenoxy) is 1. The number of carbonyl (C=O) groups is 1. The summed E-state index contributed by atoms with van der Waals surface area (Å²) in [6, 6.07) is 14.8. The minimum atomic E-state index is -0.239. The number of hydrogen-bond donors (Lipinski definition) is 0. The smallest absolute Gasteiger partial charge is 0.233 e. The van der Waals surface area contributed by atoms with E-state index in [0.717, 1.165) is 11.1 Å². The van der Waals surface area contributed by atoms with Crippen LogP contribution in [0.15, 0.2) is 53.1 Å². The van der Waals surface area contributed by atoms with Gasteiger partial charge in [0, 0.05) is 18.5 Å². The predicted molar refractivity (Wildman–Crippen MR) is 101 cm³/mol. The van der Waals surface area contributed by atoms with Crippen molar-refractivity contribution in [3.05, 3.63) is 65.0 Å². The number of methoxy groups -OCH3 is 1. The summed E-state index contributed by atoms with van der Waals surface area (Å²) >= 11 is 6.15. The van der Waals surface area contributed by atoms with Crippen molar-refractivity contribution in [3.8, 4) is 17.1 Å². The highest BCUT2D eigenvalue weighted by molar-refractivity contribution is 6.30. The fourth-order valence-electron chi connectivity index (χ4n) is 3.56. The summed E-state index contributed by atoms with van der Waals surface area (Å²) in [4.78, 5) is 18.7. The van der Waals surface area contributed by atoms with Crippen LogP contribution in [-0.4, -0.2) is 35.1 Å². The molecule has 1 aromatic heterocycles. The van der Waals surface area contributed by atoms with Crippen molar-refractivity contribution in [2.24, 2.45) is 0 Å². The highest BCUT2D eigenvalue weighted by atomic mass is 35.5. The first-order valence-electron chi connectivity index (χ1n) is 8.56. The quantitative estimate of drug-likeness (QED) is 0.678. The molecule has 1 aliphatic rings. The van der Waals surface area contributed by atoms with Crippen molar-refractivity contribution in [1.82, 2.24) is 15.0 Å². The summed E-state index contributed by atoms with van der Waals surface area (Å²) in [5.41, 5.74) is 1.69. The first-order chi connectivity index (χ1) is 13.1. The normalized spacial score (nSPS) is 19.5. The van der Waals surface area contributed by atoms with Gasteiger partial charge < -0.3 is 14.2 Å². The summed E-state index contributed by atoms with van der Waals surface area (Å²) in [5, 5.41) is 4.74. The molecule has 1 aliphatic heterocycles. The van der Waals surface area contributed by atoms with Crippen molar-refractivity contribution in [2.75, 3.05) is 14.2 Å². The average Bonchev–Trinajstić information content (AvgIpc) is 3.27. The van der Waals surface area contributed by atoms with Crippen molar-refractivity contribution in [2.45, 2.75) is 18.4 Å². The maximum atomic E-state index is 12.4. The van der Waals surface area contributed by atoms with Crippen molar-refractivity contribution >= 4 is 17.5 Å². The van der Waals surface area contributed by atoms with Crippen LogP contribution in [0.2, 0.25) is 5.02 Å². The van der Waals surface area contributed by atoms with Crippen LogP contribution in [0.4, 0.5) is 0 Å². The third-order valence-corrected chi connectivity index (χ3v) is 5.12. The second-order valence-corrected chi connectivity index (χ2v) is 6.91. The Morgan fingerprint density at radius 1 is 1.22 bits per heavy atom.